The highest BCUT2D eigenvalue weighted by atomic mass is 79.9. The zero-order chi connectivity index (χ0) is 33.9. The molecule has 46 heavy (non-hydrogen) atoms. The number of fused-ring (bicyclic) bond motifs is 1. The number of amides is 3. The second-order valence-electron chi connectivity index (χ2n) is 13.3. The van der Waals surface area contributed by atoms with Crippen LogP contribution in [0.5, 0.6) is 0 Å². The zero-order valence-corrected chi connectivity index (χ0v) is 29.1. The molecule has 1 unspecified atom stereocenters. The van der Waals surface area contributed by atoms with Gasteiger partial charge in [0, 0.05) is 23.5 Å². The Kier molecular flexibility index (Phi) is 11.5. The van der Waals surface area contributed by atoms with Gasteiger partial charge in [0.15, 0.2) is 0 Å². The predicted molar refractivity (Wildman–Crippen MR) is 179 cm³/mol. The summed E-state index contributed by atoms with van der Waals surface area (Å²) in [6, 6.07) is 4.10. The van der Waals surface area contributed by atoms with Crippen molar-refractivity contribution in [2.24, 2.45) is 17.8 Å². The number of aryl methyl sites for hydroxylation is 2. The van der Waals surface area contributed by atoms with Gasteiger partial charge in [0.1, 0.15) is 17.7 Å². The van der Waals surface area contributed by atoms with Gasteiger partial charge in [-0.3, -0.25) is 19.2 Å². The molecule has 2 bridgehead atoms. The van der Waals surface area contributed by atoms with E-state index in [0.29, 0.717) is 24.9 Å². The van der Waals surface area contributed by atoms with Crippen LogP contribution in [0.2, 0.25) is 0 Å². The molecule has 10 nitrogen and oxygen atoms in total. The summed E-state index contributed by atoms with van der Waals surface area (Å²) in [7, 11) is 0. The molecule has 3 aliphatic heterocycles. The first-order valence-electron chi connectivity index (χ1n) is 16.1. The van der Waals surface area contributed by atoms with Crippen LogP contribution in [0, 0.1) is 31.6 Å². The van der Waals surface area contributed by atoms with Gasteiger partial charge in [-0.2, -0.15) is 0 Å². The minimum atomic E-state index is -1.32. The highest BCUT2D eigenvalue weighted by molar-refractivity contribution is 9.09. The van der Waals surface area contributed by atoms with E-state index in [4.69, 9.17) is 9.47 Å². The van der Waals surface area contributed by atoms with Crippen LogP contribution in [-0.2, 0) is 28.7 Å². The summed E-state index contributed by atoms with van der Waals surface area (Å²) in [4.78, 5) is 58.3. The quantitative estimate of drug-likeness (QED) is 0.161. The van der Waals surface area contributed by atoms with Gasteiger partial charge in [0.25, 0.3) is 5.91 Å². The van der Waals surface area contributed by atoms with Crippen molar-refractivity contribution < 1.29 is 33.8 Å². The summed E-state index contributed by atoms with van der Waals surface area (Å²) in [5.41, 5.74) is 1.23. The third kappa shape index (κ3) is 6.82. The molecule has 0 radical (unpaired) electrons. The average molecular weight is 703 g/mol. The first-order chi connectivity index (χ1) is 21.8. The van der Waals surface area contributed by atoms with Crippen molar-refractivity contribution in [2.45, 2.75) is 95.0 Å². The number of benzene rings is 1. The molecule has 0 aromatic heterocycles. The summed E-state index contributed by atoms with van der Waals surface area (Å²) in [5, 5.41) is 13.4. The van der Waals surface area contributed by atoms with Crippen molar-refractivity contribution in [2.75, 3.05) is 24.6 Å². The highest BCUT2D eigenvalue weighted by Crippen LogP contribution is 2.61. The zero-order valence-electron chi connectivity index (χ0n) is 27.5. The summed E-state index contributed by atoms with van der Waals surface area (Å²) in [5.74, 6) is -3.38. The number of halogens is 1. The smallest absolute Gasteiger partial charge is 0.312 e. The largest absolute Gasteiger partial charge is 0.460 e. The van der Waals surface area contributed by atoms with Crippen LogP contribution in [0.1, 0.15) is 57.6 Å². The van der Waals surface area contributed by atoms with Crippen molar-refractivity contribution in [1.82, 2.24) is 10.2 Å². The third-order valence-electron chi connectivity index (χ3n) is 9.29. The van der Waals surface area contributed by atoms with E-state index in [2.05, 4.69) is 34.4 Å². The minimum Gasteiger partial charge on any atom is -0.460 e. The molecular weight excluding hydrogens is 654 g/mol. The summed E-state index contributed by atoms with van der Waals surface area (Å²) < 4.78 is 12.5. The lowest BCUT2D eigenvalue weighted by molar-refractivity contribution is -0.159. The Bertz CT molecular complexity index is 1350. The number of carbonyl (C=O) groups excluding carboxylic acids is 4. The van der Waals surface area contributed by atoms with Crippen LogP contribution in [-0.4, -0.2) is 88.1 Å². The van der Waals surface area contributed by atoms with Crippen molar-refractivity contribution in [3.63, 3.8) is 0 Å². The first-order valence-corrected chi connectivity index (χ1v) is 17.0. The molecule has 3 fully saturated rings. The van der Waals surface area contributed by atoms with Crippen LogP contribution in [0.4, 0.5) is 5.69 Å². The van der Waals surface area contributed by atoms with E-state index in [0.717, 1.165) is 11.1 Å². The molecule has 4 rings (SSSR count). The topological polar surface area (TPSA) is 125 Å². The molecule has 252 valence electrons. The van der Waals surface area contributed by atoms with E-state index in [1.54, 1.807) is 24.0 Å². The summed E-state index contributed by atoms with van der Waals surface area (Å²) in [6.07, 6.45) is 3.55. The van der Waals surface area contributed by atoms with Crippen molar-refractivity contribution in [3.05, 3.63) is 54.6 Å². The van der Waals surface area contributed by atoms with E-state index in [-0.39, 0.29) is 48.7 Å². The number of aliphatic hydroxyl groups excluding tert-OH is 1. The van der Waals surface area contributed by atoms with Gasteiger partial charge >= 0.3 is 5.97 Å². The average Bonchev–Trinajstić information content (AvgIpc) is 3.60. The number of carbonyl (C=O) groups is 4. The van der Waals surface area contributed by atoms with Crippen molar-refractivity contribution in [1.29, 1.82) is 0 Å². The van der Waals surface area contributed by atoms with Crippen LogP contribution in [0.15, 0.2) is 43.5 Å². The van der Waals surface area contributed by atoms with E-state index in [9.17, 15) is 24.3 Å². The maximum Gasteiger partial charge on any atom is 0.312 e. The Morgan fingerprint density at radius 3 is 2.59 bits per heavy atom. The number of hydrogen-bond donors (Lipinski definition) is 2. The standard InChI is InChI=1S/C35H48BrN3O7/c1-8-10-11-27(41)37-18-23(7)45-34(44)28-29-32(42)39(24(19-40)15-20(3)4)31(35(29)17-25(36)30(28)46-35)33(43)38(14-9-2)26-16-21(5)12-13-22(26)6/h8-9,12-13,16,20,23-25,28-31,40H,1-2,10-11,14-15,17-19H2,3-7H3,(H,37,41)/t23-,24-,25?,28-,29+,30-,31-,35+/m1/s1. The minimum absolute atomic E-state index is 0.113. The van der Waals surface area contributed by atoms with Crippen LogP contribution in [0.25, 0.3) is 0 Å². The first kappa shape index (κ1) is 35.8. The van der Waals surface area contributed by atoms with Gasteiger partial charge in [0.05, 0.1) is 37.1 Å². The van der Waals surface area contributed by atoms with Gasteiger partial charge < -0.3 is 29.7 Å². The van der Waals surface area contributed by atoms with E-state index >= 15 is 0 Å². The van der Waals surface area contributed by atoms with Gasteiger partial charge in [-0.25, -0.2) is 0 Å². The summed E-state index contributed by atoms with van der Waals surface area (Å²) >= 11 is 3.70. The normalized spacial score (nSPS) is 27.7. The maximum absolute atomic E-state index is 14.9. The number of aliphatic hydroxyl groups is 1. The maximum atomic E-state index is 14.9. The SMILES string of the molecule is C=CCCC(=O)NC[C@@H](C)OC(=O)[C@H]1[C@@H]2O[C@@]3(CC2Br)[C@@H]1C(=O)N([C@@H](CO)CC(C)C)[C@@H]3C(=O)N(CC=C)c1cc(C)ccc1C. The lowest BCUT2D eigenvalue weighted by atomic mass is 9.70. The predicted octanol–water partition coefficient (Wildman–Crippen LogP) is 3.99. The monoisotopic (exact) mass is 701 g/mol. The Morgan fingerprint density at radius 2 is 1.96 bits per heavy atom. The number of likely N-dealkylation sites (tertiary alicyclic amines) is 1. The molecule has 0 saturated carbocycles. The molecule has 3 heterocycles. The molecule has 1 aromatic rings. The lowest BCUT2D eigenvalue weighted by Gasteiger charge is -2.40. The molecule has 2 N–H and O–H groups in total. The van der Waals surface area contributed by atoms with Crippen LogP contribution in [0.3, 0.4) is 0 Å². The van der Waals surface area contributed by atoms with Gasteiger partial charge in [-0.1, -0.05) is 54.1 Å². The van der Waals surface area contributed by atoms with Crippen LogP contribution < -0.4 is 10.2 Å². The number of esters is 1. The Morgan fingerprint density at radius 1 is 1.24 bits per heavy atom. The van der Waals surface area contributed by atoms with Crippen molar-refractivity contribution >= 4 is 45.3 Å². The molecular formula is C35H48BrN3O7. The summed E-state index contributed by atoms with van der Waals surface area (Å²) in [6.45, 7) is 17.0. The number of nitrogens with one attached hydrogen (secondary N) is 1. The molecule has 0 aliphatic carbocycles. The number of alkyl halides is 1. The second kappa shape index (κ2) is 14.8. The molecule has 1 spiro atoms. The fraction of sp³-hybridized carbons (Fsp3) is 0.600. The third-order valence-corrected chi connectivity index (χ3v) is 10.1. The fourth-order valence-electron chi connectivity index (χ4n) is 7.32. The molecule has 1 aromatic carbocycles. The number of hydrogen-bond acceptors (Lipinski definition) is 7. The molecule has 3 aliphatic rings. The highest BCUT2D eigenvalue weighted by Gasteiger charge is 2.77. The van der Waals surface area contributed by atoms with Crippen LogP contribution >= 0.6 is 15.9 Å². The molecule has 11 heteroatoms. The van der Waals surface area contributed by atoms with Crippen molar-refractivity contribution in [3.8, 4) is 0 Å². The van der Waals surface area contributed by atoms with Gasteiger partial charge in [0.2, 0.25) is 11.8 Å². The fourth-order valence-corrected chi connectivity index (χ4v) is 8.26. The molecule has 8 atom stereocenters. The number of anilines is 1. The van der Waals surface area contributed by atoms with E-state index in [1.165, 1.54) is 4.90 Å². The Hall–Kier alpha value is -3.02. The Balaban J connectivity index is 1.73. The second-order valence-corrected chi connectivity index (χ2v) is 14.5. The Labute approximate surface area is 280 Å². The van der Waals surface area contributed by atoms with E-state index in [1.807, 2.05) is 45.9 Å². The van der Waals surface area contributed by atoms with Gasteiger partial charge in [-0.05, 0) is 63.1 Å². The number of ether oxygens (including phenoxy) is 2. The lowest BCUT2D eigenvalue weighted by Crippen LogP contribution is -2.59. The number of rotatable bonds is 15. The van der Waals surface area contributed by atoms with Gasteiger partial charge in [-0.15, -0.1) is 13.2 Å². The van der Waals surface area contributed by atoms with E-state index < -0.39 is 53.6 Å². The molecule has 3 saturated heterocycles. The number of nitrogens with zero attached hydrogens (tertiary/aromatic N) is 2. The molecule has 3 amide bonds. The number of allylic oxidation sites excluding steroid dienone is 1.